The molecular formula is C6H12ClNO. The minimum atomic E-state index is -0.833. The van der Waals surface area contributed by atoms with E-state index in [0.29, 0.717) is 5.16 Å². The van der Waals surface area contributed by atoms with Crippen molar-refractivity contribution < 1.29 is 5.11 Å². The molecule has 0 amide bonds. The van der Waals surface area contributed by atoms with Crippen molar-refractivity contribution in [3.05, 3.63) is 11.2 Å². The van der Waals surface area contributed by atoms with Gasteiger partial charge >= 0.3 is 0 Å². The molecule has 54 valence electrons. The van der Waals surface area contributed by atoms with Gasteiger partial charge in [-0.25, -0.2) is 0 Å². The van der Waals surface area contributed by atoms with Crippen LogP contribution in [0, 0.1) is 0 Å². The smallest absolute Gasteiger partial charge is 0.100 e. The van der Waals surface area contributed by atoms with Crippen molar-refractivity contribution in [2.45, 2.75) is 19.4 Å². The van der Waals surface area contributed by atoms with E-state index in [4.69, 9.17) is 16.7 Å². The number of nitrogens with one attached hydrogen (secondary N) is 1. The Balaban J connectivity index is 3.95. The predicted molar refractivity (Wildman–Crippen MR) is 39.3 cm³/mol. The van der Waals surface area contributed by atoms with Crippen molar-refractivity contribution in [2.75, 3.05) is 7.05 Å². The fraction of sp³-hybridized carbons (Fsp3) is 0.667. The van der Waals surface area contributed by atoms with Crippen molar-refractivity contribution in [1.82, 2.24) is 5.32 Å². The van der Waals surface area contributed by atoms with Crippen molar-refractivity contribution in [3.63, 3.8) is 0 Å². The Morgan fingerprint density at radius 1 is 1.67 bits per heavy atom. The van der Waals surface area contributed by atoms with Crippen LogP contribution in [0.3, 0.4) is 0 Å². The van der Waals surface area contributed by atoms with Crippen molar-refractivity contribution in [1.29, 1.82) is 0 Å². The second-order valence-electron chi connectivity index (χ2n) is 2.40. The fourth-order valence-corrected chi connectivity index (χ4v) is 0.649. The van der Waals surface area contributed by atoms with E-state index >= 15 is 0 Å². The summed E-state index contributed by atoms with van der Waals surface area (Å²) in [6, 6.07) is 0. The topological polar surface area (TPSA) is 32.3 Å². The average molecular weight is 150 g/mol. The molecule has 0 atom stereocenters. The molecule has 0 heterocycles. The van der Waals surface area contributed by atoms with E-state index < -0.39 is 5.60 Å². The van der Waals surface area contributed by atoms with Gasteiger partial charge in [0.2, 0.25) is 0 Å². The van der Waals surface area contributed by atoms with E-state index in [0.717, 1.165) is 0 Å². The van der Waals surface area contributed by atoms with Gasteiger partial charge in [0, 0.05) is 7.05 Å². The van der Waals surface area contributed by atoms with Gasteiger partial charge in [-0.15, -0.1) is 0 Å². The fourth-order valence-electron chi connectivity index (χ4n) is 0.382. The van der Waals surface area contributed by atoms with Gasteiger partial charge in [-0.2, -0.15) is 0 Å². The third-order valence-electron chi connectivity index (χ3n) is 0.719. The molecule has 0 aliphatic rings. The summed E-state index contributed by atoms with van der Waals surface area (Å²) in [6.45, 7) is 3.32. The Morgan fingerprint density at radius 3 is 2.22 bits per heavy atom. The van der Waals surface area contributed by atoms with E-state index in [1.54, 1.807) is 20.9 Å². The van der Waals surface area contributed by atoms with Gasteiger partial charge in [0.05, 0.1) is 5.60 Å². The van der Waals surface area contributed by atoms with Crippen LogP contribution in [-0.4, -0.2) is 17.8 Å². The first kappa shape index (κ1) is 8.79. The molecule has 2 N–H and O–H groups in total. The largest absolute Gasteiger partial charge is 0.386 e. The summed E-state index contributed by atoms with van der Waals surface area (Å²) in [5.41, 5.74) is -0.833. The van der Waals surface area contributed by atoms with Crippen LogP contribution in [0.2, 0.25) is 0 Å². The Kier molecular flexibility index (Phi) is 3.01. The average Bonchev–Trinajstić information content (AvgIpc) is 1.62. The molecule has 0 aliphatic carbocycles. The molecular weight excluding hydrogens is 138 g/mol. The molecule has 0 bridgehead atoms. The molecule has 0 saturated carbocycles. The van der Waals surface area contributed by atoms with Crippen LogP contribution in [-0.2, 0) is 0 Å². The zero-order chi connectivity index (χ0) is 7.49. The Morgan fingerprint density at radius 2 is 2.11 bits per heavy atom. The molecule has 2 nitrogen and oxygen atoms in total. The highest BCUT2D eigenvalue weighted by atomic mass is 35.5. The third kappa shape index (κ3) is 5.66. The summed E-state index contributed by atoms with van der Waals surface area (Å²) >= 11 is 5.54. The molecule has 0 radical (unpaired) electrons. The molecule has 0 unspecified atom stereocenters. The van der Waals surface area contributed by atoms with Crippen LogP contribution in [0.1, 0.15) is 13.8 Å². The summed E-state index contributed by atoms with van der Waals surface area (Å²) in [6.07, 6.45) is 1.54. The van der Waals surface area contributed by atoms with Gasteiger partial charge in [0.1, 0.15) is 5.16 Å². The van der Waals surface area contributed by atoms with Gasteiger partial charge < -0.3 is 10.4 Å². The number of hydrogen-bond acceptors (Lipinski definition) is 2. The predicted octanol–water partition coefficient (Wildman–Crippen LogP) is 1.06. The van der Waals surface area contributed by atoms with Gasteiger partial charge in [0.15, 0.2) is 0 Å². The van der Waals surface area contributed by atoms with Crippen LogP contribution in [0.4, 0.5) is 0 Å². The summed E-state index contributed by atoms with van der Waals surface area (Å²) in [5.74, 6) is 0. The van der Waals surface area contributed by atoms with Gasteiger partial charge in [-0.05, 0) is 19.9 Å². The van der Waals surface area contributed by atoms with E-state index in [-0.39, 0.29) is 0 Å². The number of aliphatic hydroxyl groups is 1. The standard InChI is InChI=1S/C6H12ClNO/c1-6(2,9)4-5(7)8-3/h4,8-9H,1-3H3/b5-4-. The second kappa shape index (κ2) is 3.08. The van der Waals surface area contributed by atoms with E-state index in [1.165, 1.54) is 6.08 Å². The van der Waals surface area contributed by atoms with Crippen molar-refractivity contribution in [2.24, 2.45) is 0 Å². The van der Waals surface area contributed by atoms with Gasteiger partial charge in [-0.3, -0.25) is 0 Å². The van der Waals surface area contributed by atoms with Crippen molar-refractivity contribution in [3.8, 4) is 0 Å². The SMILES string of the molecule is CN/C(Cl)=C\C(C)(C)O. The Labute approximate surface area is 60.5 Å². The van der Waals surface area contributed by atoms with Crippen LogP contribution in [0.15, 0.2) is 11.2 Å². The first-order chi connectivity index (χ1) is 3.95. The third-order valence-corrected chi connectivity index (χ3v) is 1.02. The zero-order valence-corrected chi connectivity index (χ0v) is 6.66. The van der Waals surface area contributed by atoms with E-state index in [1.807, 2.05) is 0 Å². The highest BCUT2D eigenvalue weighted by Gasteiger charge is 2.07. The molecule has 0 rings (SSSR count). The lowest BCUT2D eigenvalue weighted by Crippen LogP contribution is -2.17. The lowest BCUT2D eigenvalue weighted by Gasteiger charge is -2.11. The summed E-state index contributed by atoms with van der Waals surface area (Å²) in [7, 11) is 1.70. The summed E-state index contributed by atoms with van der Waals surface area (Å²) in [5, 5.41) is 12.3. The maximum atomic E-state index is 9.12. The molecule has 3 heteroatoms. The van der Waals surface area contributed by atoms with Crippen LogP contribution in [0.25, 0.3) is 0 Å². The van der Waals surface area contributed by atoms with Crippen LogP contribution in [0.5, 0.6) is 0 Å². The number of rotatable bonds is 2. The second-order valence-corrected chi connectivity index (χ2v) is 2.80. The summed E-state index contributed by atoms with van der Waals surface area (Å²) in [4.78, 5) is 0. The van der Waals surface area contributed by atoms with E-state index in [9.17, 15) is 0 Å². The number of halogens is 1. The highest BCUT2D eigenvalue weighted by molar-refractivity contribution is 6.29. The van der Waals surface area contributed by atoms with Gasteiger partial charge in [0.25, 0.3) is 0 Å². The molecule has 0 spiro atoms. The van der Waals surface area contributed by atoms with Crippen LogP contribution >= 0.6 is 11.6 Å². The normalized spacial score (nSPS) is 13.7. The lowest BCUT2D eigenvalue weighted by atomic mass is 10.1. The lowest BCUT2D eigenvalue weighted by molar-refractivity contribution is 0.132. The van der Waals surface area contributed by atoms with Crippen molar-refractivity contribution >= 4 is 11.6 Å². The molecule has 0 fully saturated rings. The molecule has 0 aliphatic heterocycles. The molecule has 0 aromatic rings. The Bertz CT molecular complexity index is 115. The highest BCUT2D eigenvalue weighted by Crippen LogP contribution is 2.07. The number of hydrogen-bond donors (Lipinski definition) is 2. The first-order valence-electron chi connectivity index (χ1n) is 2.74. The first-order valence-corrected chi connectivity index (χ1v) is 3.12. The Hall–Kier alpha value is -0.210. The minimum absolute atomic E-state index is 0.461. The van der Waals surface area contributed by atoms with E-state index in [2.05, 4.69) is 5.32 Å². The van der Waals surface area contributed by atoms with Gasteiger partial charge in [-0.1, -0.05) is 11.6 Å². The molecule has 9 heavy (non-hydrogen) atoms. The maximum Gasteiger partial charge on any atom is 0.100 e. The minimum Gasteiger partial charge on any atom is -0.386 e. The maximum absolute atomic E-state index is 9.12. The monoisotopic (exact) mass is 149 g/mol. The molecule has 0 saturated heterocycles. The quantitative estimate of drug-likeness (QED) is 0.576. The summed E-state index contributed by atoms with van der Waals surface area (Å²) < 4.78 is 0. The molecule has 0 aromatic carbocycles. The zero-order valence-electron chi connectivity index (χ0n) is 5.90. The van der Waals surface area contributed by atoms with Crippen LogP contribution < -0.4 is 5.32 Å². The molecule has 0 aromatic heterocycles.